The Hall–Kier alpha value is -1.74. The monoisotopic (exact) mass is 283 g/mol. The Balaban J connectivity index is 4.67. The van der Waals surface area contributed by atoms with Gasteiger partial charge in [0.05, 0.1) is 6.54 Å². The summed E-state index contributed by atoms with van der Waals surface area (Å²) in [5, 5.41) is 11.6. The minimum absolute atomic E-state index is 0.0193. The molecule has 20 heavy (non-hydrogen) atoms. The quantitative estimate of drug-likeness (QED) is 0.643. The van der Waals surface area contributed by atoms with Gasteiger partial charge in [-0.05, 0) is 26.4 Å². The highest BCUT2D eigenvalue weighted by molar-refractivity contribution is 5.80. The summed E-state index contributed by atoms with van der Waals surface area (Å²) in [7, 11) is 3.85. The zero-order valence-corrected chi connectivity index (χ0v) is 12.7. The first-order valence-electron chi connectivity index (χ1n) is 6.61. The molecule has 0 rings (SSSR count). The first-order chi connectivity index (χ1) is 9.26. The fraction of sp³-hybridized carbons (Fsp3) is 0.714. The van der Waals surface area contributed by atoms with Crippen molar-refractivity contribution >= 4 is 12.0 Å². The van der Waals surface area contributed by atoms with Gasteiger partial charge in [-0.1, -0.05) is 19.8 Å². The van der Waals surface area contributed by atoms with E-state index >= 15 is 0 Å². The SMILES string of the molecule is C#CCN(CC(=O)O)C(=O)NC(CC(C)C)CN(C)C. The number of carboxylic acid groups (broad SMARTS) is 1. The molecule has 0 fully saturated rings. The van der Waals surface area contributed by atoms with Crippen molar-refractivity contribution in [3.8, 4) is 12.3 Å². The average Bonchev–Trinajstić information content (AvgIpc) is 2.25. The Morgan fingerprint density at radius 1 is 1.35 bits per heavy atom. The van der Waals surface area contributed by atoms with Crippen LogP contribution in [0.15, 0.2) is 0 Å². The minimum atomic E-state index is -1.08. The second-order valence-corrected chi connectivity index (χ2v) is 5.49. The predicted molar refractivity (Wildman–Crippen MR) is 78.4 cm³/mol. The topological polar surface area (TPSA) is 72.9 Å². The number of urea groups is 1. The highest BCUT2D eigenvalue weighted by Crippen LogP contribution is 2.06. The number of terminal acetylenes is 1. The maximum atomic E-state index is 12.1. The van der Waals surface area contributed by atoms with Crippen molar-refractivity contribution in [2.45, 2.75) is 26.3 Å². The second kappa shape index (κ2) is 9.21. The molecule has 6 nitrogen and oxygen atoms in total. The lowest BCUT2D eigenvalue weighted by Crippen LogP contribution is -2.50. The summed E-state index contributed by atoms with van der Waals surface area (Å²) in [4.78, 5) is 25.9. The smallest absolute Gasteiger partial charge is 0.323 e. The molecule has 0 aliphatic heterocycles. The fourth-order valence-electron chi connectivity index (χ4n) is 1.93. The second-order valence-electron chi connectivity index (χ2n) is 5.49. The number of hydrogen-bond donors (Lipinski definition) is 2. The molecule has 1 unspecified atom stereocenters. The van der Waals surface area contributed by atoms with Crippen LogP contribution in [0.4, 0.5) is 4.79 Å². The maximum Gasteiger partial charge on any atom is 0.323 e. The molecular formula is C14H25N3O3. The van der Waals surface area contributed by atoms with E-state index in [0.29, 0.717) is 12.5 Å². The van der Waals surface area contributed by atoms with Crippen molar-refractivity contribution in [3.63, 3.8) is 0 Å². The van der Waals surface area contributed by atoms with Crippen molar-refractivity contribution in [1.82, 2.24) is 15.1 Å². The molecule has 0 bridgehead atoms. The molecule has 0 radical (unpaired) electrons. The molecule has 114 valence electrons. The molecule has 2 amide bonds. The minimum Gasteiger partial charge on any atom is -0.480 e. The Bertz CT molecular complexity index is 351. The zero-order chi connectivity index (χ0) is 15.7. The lowest BCUT2D eigenvalue weighted by molar-refractivity contribution is -0.137. The summed E-state index contributed by atoms with van der Waals surface area (Å²) in [6.07, 6.45) is 5.98. The van der Waals surface area contributed by atoms with E-state index in [1.165, 1.54) is 0 Å². The number of carbonyl (C=O) groups is 2. The van der Waals surface area contributed by atoms with E-state index in [2.05, 4.69) is 25.1 Å². The van der Waals surface area contributed by atoms with Gasteiger partial charge in [0.2, 0.25) is 0 Å². The molecule has 0 aromatic carbocycles. The van der Waals surface area contributed by atoms with Crippen molar-refractivity contribution in [2.24, 2.45) is 5.92 Å². The van der Waals surface area contributed by atoms with E-state index in [-0.39, 0.29) is 12.6 Å². The molecule has 2 N–H and O–H groups in total. The third-order valence-corrected chi connectivity index (χ3v) is 2.56. The van der Waals surface area contributed by atoms with E-state index in [0.717, 1.165) is 11.3 Å². The molecule has 0 spiro atoms. The van der Waals surface area contributed by atoms with Gasteiger partial charge in [0, 0.05) is 12.6 Å². The number of rotatable bonds is 8. The van der Waals surface area contributed by atoms with Crippen LogP contribution in [0.25, 0.3) is 0 Å². The number of hydrogen-bond acceptors (Lipinski definition) is 3. The summed E-state index contributed by atoms with van der Waals surface area (Å²) in [6.45, 7) is 4.43. The fourth-order valence-corrected chi connectivity index (χ4v) is 1.93. The maximum absolute atomic E-state index is 12.1. The molecule has 0 aliphatic carbocycles. The Labute approximate surface area is 121 Å². The van der Waals surface area contributed by atoms with Gasteiger partial charge in [-0.3, -0.25) is 4.79 Å². The van der Waals surface area contributed by atoms with Gasteiger partial charge in [-0.25, -0.2) is 4.79 Å². The molecule has 0 saturated carbocycles. The summed E-state index contributed by atoms with van der Waals surface area (Å²) in [5.74, 6) is 1.65. The zero-order valence-electron chi connectivity index (χ0n) is 12.7. The van der Waals surface area contributed by atoms with E-state index in [1.807, 2.05) is 19.0 Å². The van der Waals surface area contributed by atoms with Gasteiger partial charge in [-0.2, -0.15) is 0 Å². The van der Waals surface area contributed by atoms with Crippen LogP contribution >= 0.6 is 0 Å². The number of carbonyl (C=O) groups excluding carboxylic acids is 1. The Morgan fingerprint density at radius 2 is 1.95 bits per heavy atom. The summed E-state index contributed by atoms with van der Waals surface area (Å²) >= 11 is 0. The number of likely N-dealkylation sites (N-methyl/N-ethyl adjacent to an activating group) is 1. The molecular weight excluding hydrogens is 258 g/mol. The largest absolute Gasteiger partial charge is 0.480 e. The molecule has 1 atom stereocenters. The van der Waals surface area contributed by atoms with Gasteiger partial charge in [-0.15, -0.1) is 6.42 Å². The normalized spacial score (nSPS) is 12.1. The number of nitrogens with one attached hydrogen (secondary N) is 1. The van der Waals surface area contributed by atoms with Gasteiger partial charge in [0.25, 0.3) is 0 Å². The highest BCUT2D eigenvalue weighted by Gasteiger charge is 2.20. The van der Waals surface area contributed by atoms with Crippen LogP contribution in [0.3, 0.4) is 0 Å². The van der Waals surface area contributed by atoms with Crippen molar-refractivity contribution < 1.29 is 14.7 Å². The lowest BCUT2D eigenvalue weighted by atomic mass is 10.0. The number of aliphatic carboxylic acids is 1. The Morgan fingerprint density at radius 3 is 2.35 bits per heavy atom. The highest BCUT2D eigenvalue weighted by atomic mass is 16.4. The molecule has 0 aromatic rings. The van der Waals surface area contributed by atoms with Crippen molar-refractivity contribution in [2.75, 3.05) is 33.7 Å². The average molecular weight is 283 g/mol. The third-order valence-electron chi connectivity index (χ3n) is 2.56. The van der Waals surface area contributed by atoms with Crippen LogP contribution in [0.1, 0.15) is 20.3 Å². The predicted octanol–water partition coefficient (Wildman–Crippen LogP) is 0.692. The number of nitrogens with zero attached hydrogens (tertiary/aromatic N) is 2. The van der Waals surface area contributed by atoms with Crippen LogP contribution in [-0.2, 0) is 4.79 Å². The van der Waals surface area contributed by atoms with Crippen LogP contribution in [0, 0.1) is 18.3 Å². The standard InChI is InChI=1S/C14H25N3O3/c1-6-7-17(10-13(18)19)14(20)15-12(8-11(2)3)9-16(4)5/h1,11-12H,7-10H2,2-5H3,(H,15,20)(H,18,19). The number of amides is 2. The Kier molecular flexibility index (Phi) is 8.41. The summed E-state index contributed by atoms with van der Waals surface area (Å²) < 4.78 is 0. The van der Waals surface area contributed by atoms with Gasteiger partial charge < -0.3 is 20.2 Å². The lowest BCUT2D eigenvalue weighted by Gasteiger charge is -2.27. The molecule has 0 aliphatic rings. The van der Waals surface area contributed by atoms with Crippen molar-refractivity contribution in [3.05, 3.63) is 0 Å². The van der Waals surface area contributed by atoms with E-state index in [4.69, 9.17) is 11.5 Å². The van der Waals surface area contributed by atoms with E-state index < -0.39 is 18.5 Å². The van der Waals surface area contributed by atoms with Gasteiger partial charge in [0.1, 0.15) is 6.54 Å². The van der Waals surface area contributed by atoms with Crippen LogP contribution < -0.4 is 5.32 Å². The van der Waals surface area contributed by atoms with E-state index in [1.54, 1.807) is 0 Å². The molecule has 0 saturated heterocycles. The van der Waals surface area contributed by atoms with Gasteiger partial charge >= 0.3 is 12.0 Å². The first-order valence-corrected chi connectivity index (χ1v) is 6.61. The van der Waals surface area contributed by atoms with Crippen LogP contribution in [-0.4, -0.2) is 66.7 Å². The van der Waals surface area contributed by atoms with Crippen molar-refractivity contribution in [1.29, 1.82) is 0 Å². The summed E-state index contributed by atoms with van der Waals surface area (Å²) in [5.41, 5.74) is 0. The summed E-state index contributed by atoms with van der Waals surface area (Å²) in [6, 6.07) is -0.468. The molecule has 6 heteroatoms. The van der Waals surface area contributed by atoms with Crippen LogP contribution in [0.2, 0.25) is 0 Å². The van der Waals surface area contributed by atoms with Gasteiger partial charge in [0.15, 0.2) is 0 Å². The van der Waals surface area contributed by atoms with E-state index in [9.17, 15) is 9.59 Å². The molecule has 0 heterocycles. The van der Waals surface area contributed by atoms with Crippen LogP contribution in [0.5, 0.6) is 0 Å². The first kappa shape index (κ1) is 18.3. The third kappa shape index (κ3) is 8.38. The molecule has 0 aromatic heterocycles. The number of carboxylic acids is 1.